The molecule has 0 aliphatic heterocycles. The standard InChI is InChI=1S/C14H10BrNO2S/c1-2-11-5-3-7-13(9-11)16-19(17,18)14-8-4-6-12(15)10-14/h1,3-10,16H. The van der Waals surface area contributed by atoms with Gasteiger partial charge in [-0.1, -0.05) is 34.0 Å². The summed E-state index contributed by atoms with van der Waals surface area (Å²) in [4.78, 5) is 0.188. The zero-order valence-corrected chi connectivity index (χ0v) is 12.2. The van der Waals surface area contributed by atoms with Crippen molar-refractivity contribution in [1.29, 1.82) is 0 Å². The molecule has 96 valence electrons. The summed E-state index contributed by atoms with van der Waals surface area (Å²) in [5, 5.41) is 0. The molecule has 3 nitrogen and oxygen atoms in total. The van der Waals surface area contributed by atoms with E-state index in [1.807, 2.05) is 0 Å². The second-order valence-corrected chi connectivity index (χ2v) is 6.39. The number of anilines is 1. The molecule has 0 spiro atoms. The van der Waals surface area contributed by atoms with Crippen molar-refractivity contribution in [2.75, 3.05) is 4.72 Å². The molecule has 0 aromatic heterocycles. The normalized spacial score (nSPS) is 10.7. The molecule has 2 aromatic carbocycles. The van der Waals surface area contributed by atoms with Crippen LogP contribution in [0.4, 0.5) is 5.69 Å². The van der Waals surface area contributed by atoms with Gasteiger partial charge in [0.25, 0.3) is 10.0 Å². The Kier molecular flexibility index (Phi) is 3.93. The van der Waals surface area contributed by atoms with Gasteiger partial charge in [-0.25, -0.2) is 8.42 Å². The lowest BCUT2D eigenvalue weighted by atomic mass is 10.2. The maximum absolute atomic E-state index is 12.2. The van der Waals surface area contributed by atoms with Crippen LogP contribution in [-0.2, 0) is 10.0 Å². The molecule has 0 fully saturated rings. The van der Waals surface area contributed by atoms with Gasteiger partial charge in [0, 0.05) is 10.0 Å². The van der Waals surface area contributed by atoms with E-state index in [1.54, 1.807) is 36.4 Å². The molecule has 0 atom stereocenters. The molecule has 2 aromatic rings. The summed E-state index contributed by atoms with van der Waals surface area (Å²) in [6, 6.07) is 13.2. The van der Waals surface area contributed by atoms with Crippen LogP contribution in [0.25, 0.3) is 0 Å². The quantitative estimate of drug-likeness (QED) is 0.875. The Morgan fingerprint density at radius 2 is 1.84 bits per heavy atom. The molecule has 19 heavy (non-hydrogen) atoms. The summed E-state index contributed by atoms with van der Waals surface area (Å²) < 4.78 is 27.5. The molecule has 0 heterocycles. The molecule has 0 aliphatic carbocycles. The Hall–Kier alpha value is -1.77. The Morgan fingerprint density at radius 1 is 1.11 bits per heavy atom. The van der Waals surface area contributed by atoms with Crippen molar-refractivity contribution in [1.82, 2.24) is 0 Å². The minimum Gasteiger partial charge on any atom is -0.280 e. The molecule has 1 N–H and O–H groups in total. The SMILES string of the molecule is C#Cc1cccc(NS(=O)(=O)c2cccc(Br)c2)c1. The Bertz CT molecular complexity index is 748. The van der Waals surface area contributed by atoms with Gasteiger partial charge >= 0.3 is 0 Å². The second-order valence-electron chi connectivity index (χ2n) is 3.79. The highest BCUT2D eigenvalue weighted by atomic mass is 79.9. The fraction of sp³-hybridized carbons (Fsp3) is 0. The smallest absolute Gasteiger partial charge is 0.261 e. The van der Waals surface area contributed by atoms with Crippen molar-refractivity contribution >= 4 is 31.6 Å². The van der Waals surface area contributed by atoms with Crippen molar-refractivity contribution in [2.24, 2.45) is 0 Å². The van der Waals surface area contributed by atoms with Crippen molar-refractivity contribution in [2.45, 2.75) is 4.90 Å². The average Bonchev–Trinajstić information content (AvgIpc) is 2.38. The Labute approximate surface area is 120 Å². The van der Waals surface area contributed by atoms with E-state index < -0.39 is 10.0 Å². The molecule has 0 radical (unpaired) electrons. The van der Waals surface area contributed by atoms with Crippen molar-refractivity contribution in [3.05, 3.63) is 58.6 Å². The number of terminal acetylenes is 1. The molecule has 2 rings (SSSR count). The number of hydrogen-bond donors (Lipinski definition) is 1. The van der Waals surface area contributed by atoms with Gasteiger partial charge in [-0.15, -0.1) is 6.42 Å². The van der Waals surface area contributed by atoms with Crippen LogP contribution in [-0.4, -0.2) is 8.42 Å². The maximum Gasteiger partial charge on any atom is 0.261 e. The first-order valence-corrected chi connectivity index (χ1v) is 7.64. The molecular weight excluding hydrogens is 326 g/mol. The van der Waals surface area contributed by atoms with E-state index in [0.29, 0.717) is 15.7 Å². The molecule has 0 bridgehead atoms. The monoisotopic (exact) mass is 335 g/mol. The van der Waals surface area contributed by atoms with Crippen molar-refractivity contribution < 1.29 is 8.42 Å². The van der Waals surface area contributed by atoms with Crippen LogP contribution < -0.4 is 4.72 Å². The molecule has 0 amide bonds. The van der Waals surface area contributed by atoms with Crippen LogP contribution in [0.3, 0.4) is 0 Å². The van der Waals surface area contributed by atoms with E-state index in [-0.39, 0.29) is 4.90 Å². The zero-order valence-electron chi connectivity index (χ0n) is 9.80. The first kappa shape index (κ1) is 13.7. The summed E-state index contributed by atoms with van der Waals surface area (Å²) in [5.74, 6) is 2.46. The third kappa shape index (κ3) is 3.37. The third-order valence-corrected chi connectivity index (χ3v) is 4.26. The minimum absolute atomic E-state index is 0.188. The molecule has 0 saturated carbocycles. The van der Waals surface area contributed by atoms with Crippen LogP contribution in [0.2, 0.25) is 0 Å². The van der Waals surface area contributed by atoms with Crippen LogP contribution in [0, 0.1) is 12.3 Å². The van der Waals surface area contributed by atoms with Crippen LogP contribution >= 0.6 is 15.9 Å². The van der Waals surface area contributed by atoms with E-state index in [1.165, 1.54) is 12.1 Å². The fourth-order valence-corrected chi connectivity index (χ4v) is 3.17. The predicted octanol–water partition coefficient (Wildman–Crippen LogP) is 3.23. The van der Waals surface area contributed by atoms with Gasteiger partial charge in [-0.05, 0) is 36.4 Å². The predicted molar refractivity (Wildman–Crippen MR) is 79.3 cm³/mol. The van der Waals surface area contributed by atoms with Gasteiger partial charge < -0.3 is 0 Å². The van der Waals surface area contributed by atoms with Crippen LogP contribution in [0.1, 0.15) is 5.56 Å². The molecule has 0 saturated heterocycles. The topological polar surface area (TPSA) is 46.2 Å². The first-order chi connectivity index (χ1) is 9.01. The highest BCUT2D eigenvalue weighted by Gasteiger charge is 2.14. The molecular formula is C14H10BrNO2S. The van der Waals surface area contributed by atoms with Crippen LogP contribution in [0.5, 0.6) is 0 Å². The lowest BCUT2D eigenvalue weighted by Crippen LogP contribution is -2.12. The number of rotatable bonds is 3. The van der Waals surface area contributed by atoms with Gasteiger partial charge in [-0.2, -0.15) is 0 Å². The highest BCUT2D eigenvalue weighted by molar-refractivity contribution is 9.10. The van der Waals surface area contributed by atoms with Gasteiger partial charge in [0.15, 0.2) is 0 Å². The zero-order chi connectivity index (χ0) is 13.9. The Balaban J connectivity index is 2.34. The number of benzene rings is 2. The van der Waals surface area contributed by atoms with Crippen molar-refractivity contribution in [3.8, 4) is 12.3 Å². The number of halogens is 1. The summed E-state index contributed by atoms with van der Waals surface area (Å²) in [6.07, 6.45) is 5.28. The van der Waals surface area contributed by atoms with E-state index in [4.69, 9.17) is 6.42 Å². The lowest BCUT2D eigenvalue weighted by molar-refractivity contribution is 0.601. The Morgan fingerprint density at radius 3 is 2.53 bits per heavy atom. The fourth-order valence-electron chi connectivity index (χ4n) is 1.52. The number of sulfonamides is 1. The molecule has 5 heteroatoms. The minimum atomic E-state index is -3.61. The second kappa shape index (κ2) is 5.47. The van der Waals surface area contributed by atoms with E-state index >= 15 is 0 Å². The van der Waals surface area contributed by atoms with E-state index in [0.717, 1.165) is 0 Å². The van der Waals surface area contributed by atoms with Gasteiger partial charge in [0.1, 0.15) is 0 Å². The summed E-state index contributed by atoms with van der Waals surface area (Å²) in [5.41, 5.74) is 1.06. The third-order valence-electron chi connectivity index (χ3n) is 2.39. The van der Waals surface area contributed by atoms with Crippen LogP contribution in [0.15, 0.2) is 57.9 Å². The maximum atomic E-state index is 12.2. The van der Waals surface area contributed by atoms with Gasteiger partial charge in [0.05, 0.1) is 10.6 Å². The largest absolute Gasteiger partial charge is 0.280 e. The highest BCUT2D eigenvalue weighted by Crippen LogP contribution is 2.20. The van der Waals surface area contributed by atoms with E-state index in [2.05, 4.69) is 26.6 Å². The lowest BCUT2D eigenvalue weighted by Gasteiger charge is -2.08. The summed E-state index contributed by atoms with van der Waals surface area (Å²) >= 11 is 3.24. The van der Waals surface area contributed by atoms with Crippen molar-refractivity contribution in [3.63, 3.8) is 0 Å². The van der Waals surface area contributed by atoms with Gasteiger partial charge in [-0.3, -0.25) is 4.72 Å². The summed E-state index contributed by atoms with van der Waals surface area (Å²) in [6.45, 7) is 0. The molecule has 0 unspecified atom stereocenters. The summed E-state index contributed by atoms with van der Waals surface area (Å²) in [7, 11) is -3.61. The average molecular weight is 336 g/mol. The van der Waals surface area contributed by atoms with E-state index in [9.17, 15) is 8.42 Å². The first-order valence-electron chi connectivity index (χ1n) is 5.36. The van der Waals surface area contributed by atoms with Gasteiger partial charge in [0.2, 0.25) is 0 Å². The number of nitrogens with one attached hydrogen (secondary N) is 1. The molecule has 0 aliphatic rings. The number of hydrogen-bond acceptors (Lipinski definition) is 2.